The molecule has 1 atom stereocenters. The van der Waals surface area contributed by atoms with Gasteiger partial charge in [0.05, 0.1) is 0 Å². The van der Waals surface area contributed by atoms with Crippen LogP contribution in [0.25, 0.3) is 0 Å². The van der Waals surface area contributed by atoms with Gasteiger partial charge < -0.3 is 0 Å². The van der Waals surface area contributed by atoms with E-state index in [9.17, 15) is 4.57 Å². The van der Waals surface area contributed by atoms with Crippen molar-refractivity contribution >= 4 is 13.9 Å². The average Bonchev–Trinajstić information content (AvgIpc) is 1.90. The molecule has 1 heterocycles. The molecule has 0 spiro atoms. The molecule has 1 aromatic heterocycles. The Morgan fingerprint density at radius 1 is 1.50 bits per heavy atom. The van der Waals surface area contributed by atoms with Crippen molar-refractivity contribution in [1.29, 1.82) is 0 Å². The molecule has 0 amide bonds. The molecule has 8 heavy (non-hydrogen) atoms. The molecule has 1 radical (unpaired) electrons. The predicted octanol–water partition coefficient (Wildman–Crippen LogP) is 0.731. The maximum absolute atomic E-state index is 10.1. The van der Waals surface area contributed by atoms with Crippen LogP contribution in [0.5, 0.6) is 0 Å². The summed E-state index contributed by atoms with van der Waals surface area (Å²) in [7, 11) is -0.431. The molecule has 0 saturated carbocycles. The van der Waals surface area contributed by atoms with Crippen LogP contribution in [0, 0.1) is 0 Å². The number of rotatable bonds is 1. The summed E-state index contributed by atoms with van der Waals surface area (Å²) >= 11 is 0. The first-order valence-corrected chi connectivity index (χ1v) is 3.13. The minimum atomic E-state index is -0.431. The van der Waals surface area contributed by atoms with Crippen LogP contribution in [0.15, 0.2) is 24.4 Å². The lowest BCUT2D eigenvalue weighted by Gasteiger charge is -1.81. The van der Waals surface area contributed by atoms with E-state index in [1.54, 1.807) is 18.3 Å². The summed E-state index contributed by atoms with van der Waals surface area (Å²) in [6.07, 6.45) is 1.63. The number of pyridine rings is 1. The Morgan fingerprint density at radius 3 is 2.75 bits per heavy atom. The molecule has 1 rings (SSSR count). The van der Waals surface area contributed by atoms with Crippen LogP contribution < -0.4 is 5.44 Å². The molecule has 0 aliphatic rings. The lowest BCUT2D eigenvalue weighted by molar-refractivity contribution is 0.602. The van der Waals surface area contributed by atoms with Gasteiger partial charge in [0, 0.05) is 6.20 Å². The molecule has 0 N–H and O–H groups in total. The van der Waals surface area contributed by atoms with E-state index in [4.69, 9.17) is 0 Å². The van der Waals surface area contributed by atoms with Crippen LogP contribution in [-0.4, -0.2) is 4.98 Å². The lowest BCUT2D eigenvalue weighted by Crippen LogP contribution is -1.93. The second-order valence-corrected chi connectivity index (χ2v) is 2.03. The predicted molar refractivity (Wildman–Crippen MR) is 32.9 cm³/mol. The van der Waals surface area contributed by atoms with Crippen LogP contribution >= 0.6 is 8.46 Å². The molecule has 0 fully saturated rings. The molecular weight excluding hydrogens is 121 g/mol. The third-order valence-electron chi connectivity index (χ3n) is 0.769. The van der Waals surface area contributed by atoms with Crippen LogP contribution in [0.1, 0.15) is 0 Å². The Labute approximate surface area is 48.8 Å². The zero-order valence-corrected chi connectivity index (χ0v) is 5.16. The minimum absolute atomic E-state index is 0.431. The van der Waals surface area contributed by atoms with Crippen LogP contribution in [0.3, 0.4) is 0 Å². The van der Waals surface area contributed by atoms with E-state index in [1.165, 1.54) is 0 Å². The molecule has 0 bridgehead atoms. The van der Waals surface area contributed by atoms with E-state index in [-0.39, 0.29) is 0 Å². The highest BCUT2D eigenvalue weighted by atomic mass is 31.1. The summed E-state index contributed by atoms with van der Waals surface area (Å²) in [5, 5.41) is 0. The second-order valence-electron chi connectivity index (χ2n) is 1.32. The van der Waals surface area contributed by atoms with Crippen molar-refractivity contribution in [2.24, 2.45) is 0 Å². The standard InChI is InChI=1S/C5H5NOP/c7-8-5-3-1-2-4-6-5/h1-4,8H. The maximum Gasteiger partial charge on any atom is 0.117 e. The van der Waals surface area contributed by atoms with Gasteiger partial charge in [-0.25, -0.2) is 4.98 Å². The molecule has 0 saturated heterocycles. The van der Waals surface area contributed by atoms with Gasteiger partial charge in [0.25, 0.3) is 0 Å². The van der Waals surface area contributed by atoms with Gasteiger partial charge in [0.15, 0.2) is 0 Å². The highest BCUT2D eigenvalue weighted by molar-refractivity contribution is 7.33. The van der Waals surface area contributed by atoms with E-state index in [2.05, 4.69) is 4.98 Å². The summed E-state index contributed by atoms with van der Waals surface area (Å²) in [6.45, 7) is 0. The monoisotopic (exact) mass is 126 g/mol. The van der Waals surface area contributed by atoms with Crippen molar-refractivity contribution in [2.75, 3.05) is 0 Å². The van der Waals surface area contributed by atoms with Gasteiger partial charge in [0.1, 0.15) is 13.9 Å². The Kier molecular flexibility index (Phi) is 1.70. The summed E-state index contributed by atoms with van der Waals surface area (Å²) in [6, 6.07) is 5.34. The Bertz CT molecular complexity index is 175. The van der Waals surface area contributed by atoms with Crippen molar-refractivity contribution in [3.63, 3.8) is 0 Å². The zero-order valence-electron chi connectivity index (χ0n) is 4.16. The van der Waals surface area contributed by atoms with Gasteiger partial charge in [-0.15, -0.1) is 0 Å². The van der Waals surface area contributed by atoms with E-state index in [1.807, 2.05) is 6.07 Å². The number of aromatic nitrogens is 1. The van der Waals surface area contributed by atoms with E-state index in [0.29, 0.717) is 5.44 Å². The number of nitrogens with zero attached hydrogens (tertiary/aromatic N) is 1. The molecule has 2 nitrogen and oxygen atoms in total. The van der Waals surface area contributed by atoms with Crippen molar-refractivity contribution in [1.82, 2.24) is 4.98 Å². The molecule has 0 aliphatic carbocycles. The number of hydrogen-bond donors (Lipinski definition) is 0. The van der Waals surface area contributed by atoms with Crippen LogP contribution in [-0.2, 0) is 4.57 Å². The average molecular weight is 126 g/mol. The first-order valence-electron chi connectivity index (χ1n) is 2.22. The van der Waals surface area contributed by atoms with E-state index >= 15 is 0 Å². The normalized spacial score (nSPS) is 9.50. The summed E-state index contributed by atoms with van der Waals surface area (Å²) in [5.74, 6) is 0. The fourth-order valence-electron chi connectivity index (χ4n) is 0.423. The molecule has 1 aromatic rings. The van der Waals surface area contributed by atoms with Crippen molar-refractivity contribution in [3.05, 3.63) is 24.4 Å². The maximum atomic E-state index is 10.1. The first-order chi connectivity index (χ1) is 3.93. The van der Waals surface area contributed by atoms with Gasteiger partial charge >= 0.3 is 0 Å². The Morgan fingerprint density at radius 2 is 2.38 bits per heavy atom. The smallest absolute Gasteiger partial charge is 0.117 e. The zero-order chi connectivity index (χ0) is 5.82. The fourth-order valence-corrected chi connectivity index (χ4v) is 0.715. The van der Waals surface area contributed by atoms with Crippen molar-refractivity contribution in [3.8, 4) is 0 Å². The highest BCUT2D eigenvalue weighted by Gasteiger charge is 1.81. The fraction of sp³-hybridized carbons (Fsp3) is 0. The summed E-state index contributed by atoms with van der Waals surface area (Å²) in [5.41, 5.74) is 0.632. The second kappa shape index (κ2) is 2.53. The van der Waals surface area contributed by atoms with Crippen molar-refractivity contribution < 1.29 is 4.57 Å². The van der Waals surface area contributed by atoms with Gasteiger partial charge in [-0.1, -0.05) is 6.07 Å². The SMILES string of the molecule is O=[PH]c1ccccn1. The summed E-state index contributed by atoms with van der Waals surface area (Å²) < 4.78 is 10.1. The Hall–Kier alpha value is -0.750. The van der Waals surface area contributed by atoms with Crippen LogP contribution in [0.4, 0.5) is 0 Å². The van der Waals surface area contributed by atoms with E-state index < -0.39 is 8.46 Å². The quantitative estimate of drug-likeness (QED) is 0.519. The molecule has 1 unspecified atom stereocenters. The van der Waals surface area contributed by atoms with Crippen LogP contribution in [0.2, 0.25) is 0 Å². The molecule has 0 aliphatic heterocycles. The van der Waals surface area contributed by atoms with Gasteiger partial charge in [0.2, 0.25) is 0 Å². The topological polar surface area (TPSA) is 30.0 Å². The van der Waals surface area contributed by atoms with Crippen molar-refractivity contribution in [2.45, 2.75) is 0 Å². The summed E-state index contributed by atoms with van der Waals surface area (Å²) in [4.78, 5) is 3.80. The van der Waals surface area contributed by atoms with Gasteiger partial charge in [-0.2, -0.15) is 0 Å². The molecule has 0 aromatic carbocycles. The van der Waals surface area contributed by atoms with Gasteiger partial charge in [-0.05, 0) is 12.1 Å². The Balaban J connectivity index is 2.99. The van der Waals surface area contributed by atoms with Gasteiger partial charge in [-0.3, -0.25) is 4.57 Å². The number of hydrogen-bond acceptors (Lipinski definition) is 2. The largest absolute Gasteiger partial charge is 0.284 e. The third kappa shape index (κ3) is 1.11. The van der Waals surface area contributed by atoms with E-state index in [0.717, 1.165) is 0 Å². The minimum Gasteiger partial charge on any atom is -0.284 e. The lowest BCUT2D eigenvalue weighted by atomic mass is 10.5. The molecule has 3 heteroatoms. The first kappa shape index (κ1) is 5.39. The third-order valence-corrected chi connectivity index (χ3v) is 1.27. The highest BCUT2D eigenvalue weighted by Crippen LogP contribution is 1.88. The molecular formula is C5H5NOP. The molecule has 41 valence electrons.